The Morgan fingerprint density at radius 3 is 2.40 bits per heavy atom. The van der Waals surface area contributed by atoms with E-state index in [4.69, 9.17) is 4.74 Å². The van der Waals surface area contributed by atoms with Gasteiger partial charge in [0.25, 0.3) is 6.47 Å². The SMILES string of the molecule is CC(C)(C)C1CC1OC=O. The molecule has 1 fully saturated rings. The lowest BCUT2D eigenvalue weighted by Crippen LogP contribution is -2.12. The third-order valence-electron chi connectivity index (χ3n) is 2.07. The first-order valence-electron chi connectivity index (χ1n) is 3.65. The van der Waals surface area contributed by atoms with E-state index in [-0.39, 0.29) is 6.10 Å². The van der Waals surface area contributed by atoms with Gasteiger partial charge in [-0.05, 0) is 11.8 Å². The van der Waals surface area contributed by atoms with Gasteiger partial charge in [-0.25, -0.2) is 0 Å². The second-order valence-corrected chi connectivity index (χ2v) is 3.98. The highest BCUT2D eigenvalue weighted by atomic mass is 16.5. The van der Waals surface area contributed by atoms with Crippen LogP contribution in [0.1, 0.15) is 27.2 Å². The maximum atomic E-state index is 9.91. The summed E-state index contributed by atoms with van der Waals surface area (Å²) in [6.45, 7) is 7.07. The predicted molar refractivity (Wildman–Crippen MR) is 38.5 cm³/mol. The summed E-state index contributed by atoms with van der Waals surface area (Å²) in [6, 6.07) is 0. The van der Waals surface area contributed by atoms with Gasteiger partial charge in [0.05, 0.1) is 0 Å². The summed E-state index contributed by atoms with van der Waals surface area (Å²) in [5.41, 5.74) is 0.299. The van der Waals surface area contributed by atoms with Crippen molar-refractivity contribution in [3.8, 4) is 0 Å². The first kappa shape index (κ1) is 7.58. The number of hydrogen-bond donors (Lipinski definition) is 0. The summed E-state index contributed by atoms with van der Waals surface area (Å²) >= 11 is 0. The molecule has 0 aromatic rings. The maximum absolute atomic E-state index is 9.91. The van der Waals surface area contributed by atoms with Crippen LogP contribution in [0.15, 0.2) is 0 Å². The first-order valence-corrected chi connectivity index (χ1v) is 3.65. The van der Waals surface area contributed by atoms with Crippen LogP contribution in [0.2, 0.25) is 0 Å². The fraction of sp³-hybridized carbons (Fsp3) is 0.875. The Balaban J connectivity index is 2.31. The molecule has 2 atom stereocenters. The van der Waals surface area contributed by atoms with Gasteiger partial charge in [0.2, 0.25) is 0 Å². The second-order valence-electron chi connectivity index (χ2n) is 3.98. The summed E-state index contributed by atoms with van der Waals surface area (Å²) in [5, 5.41) is 0. The normalized spacial score (nSPS) is 31.5. The molecule has 0 radical (unpaired) electrons. The summed E-state index contributed by atoms with van der Waals surface area (Å²) < 4.78 is 4.81. The number of carbonyl (C=O) groups is 1. The zero-order valence-corrected chi connectivity index (χ0v) is 6.76. The van der Waals surface area contributed by atoms with Gasteiger partial charge in [-0.2, -0.15) is 0 Å². The van der Waals surface area contributed by atoms with Crippen molar-refractivity contribution in [3.63, 3.8) is 0 Å². The van der Waals surface area contributed by atoms with E-state index < -0.39 is 0 Å². The van der Waals surface area contributed by atoms with Crippen LogP contribution in [-0.2, 0) is 9.53 Å². The van der Waals surface area contributed by atoms with Gasteiger partial charge in [0, 0.05) is 5.92 Å². The van der Waals surface area contributed by atoms with Crippen molar-refractivity contribution >= 4 is 6.47 Å². The lowest BCUT2D eigenvalue weighted by atomic mass is 9.90. The molecule has 0 aromatic heterocycles. The highest BCUT2D eigenvalue weighted by Gasteiger charge is 2.46. The summed E-state index contributed by atoms with van der Waals surface area (Å²) in [7, 11) is 0. The summed E-state index contributed by atoms with van der Waals surface area (Å²) in [4.78, 5) is 9.91. The molecule has 0 amide bonds. The summed E-state index contributed by atoms with van der Waals surface area (Å²) in [5.74, 6) is 0.581. The van der Waals surface area contributed by atoms with Crippen LogP contribution in [0.5, 0.6) is 0 Å². The topological polar surface area (TPSA) is 26.3 Å². The molecule has 0 heterocycles. The van der Waals surface area contributed by atoms with Crippen molar-refractivity contribution in [3.05, 3.63) is 0 Å². The van der Waals surface area contributed by atoms with Gasteiger partial charge >= 0.3 is 0 Å². The second kappa shape index (κ2) is 2.26. The molecule has 0 spiro atoms. The minimum absolute atomic E-state index is 0.206. The molecular weight excluding hydrogens is 128 g/mol. The van der Waals surface area contributed by atoms with Crippen LogP contribution in [0.4, 0.5) is 0 Å². The molecule has 1 aliphatic rings. The lowest BCUT2D eigenvalue weighted by molar-refractivity contribution is -0.130. The van der Waals surface area contributed by atoms with Gasteiger partial charge in [-0.3, -0.25) is 4.79 Å². The van der Waals surface area contributed by atoms with E-state index in [1.54, 1.807) is 0 Å². The fourth-order valence-corrected chi connectivity index (χ4v) is 1.30. The Morgan fingerprint density at radius 1 is 1.50 bits per heavy atom. The standard InChI is InChI=1S/C8H14O2/c1-8(2,3)6-4-7(6)10-5-9/h5-7H,4H2,1-3H3. The minimum atomic E-state index is 0.206. The van der Waals surface area contributed by atoms with Gasteiger partial charge in [-0.1, -0.05) is 20.8 Å². The number of ether oxygens (including phenoxy) is 1. The molecule has 0 saturated heterocycles. The van der Waals surface area contributed by atoms with Crippen LogP contribution in [0.25, 0.3) is 0 Å². The summed E-state index contributed by atoms with van der Waals surface area (Å²) in [6.07, 6.45) is 1.25. The first-order chi connectivity index (χ1) is 4.55. The van der Waals surface area contributed by atoms with E-state index in [1.807, 2.05) is 0 Å². The third kappa shape index (κ3) is 1.49. The van der Waals surface area contributed by atoms with E-state index >= 15 is 0 Å². The quantitative estimate of drug-likeness (QED) is 0.547. The van der Waals surface area contributed by atoms with E-state index in [1.165, 1.54) is 0 Å². The molecule has 1 aliphatic carbocycles. The van der Waals surface area contributed by atoms with Crippen LogP contribution in [-0.4, -0.2) is 12.6 Å². The smallest absolute Gasteiger partial charge is 0.293 e. The lowest BCUT2D eigenvalue weighted by Gasteiger charge is -2.16. The molecule has 0 N–H and O–H groups in total. The highest BCUT2D eigenvalue weighted by molar-refractivity contribution is 5.38. The molecule has 1 rings (SSSR count). The average molecular weight is 142 g/mol. The van der Waals surface area contributed by atoms with Gasteiger partial charge in [0.15, 0.2) is 0 Å². The zero-order chi connectivity index (χ0) is 7.78. The molecule has 58 valence electrons. The van der Waals surface area contributed by atoms with Crippen LogP contribution in [0.3, 0.4) is 0 Å². The van der Waals surface area contributed by atoms with Crippen molar-refractivity contribution in [2.45, 2.75) is 33.3 Å². The molecular formula is C8H14O2. The number of rotatable bonds is 2. The van der Waals surface area contributed by atoms with Crippen molar-refractivity contribution < 1.29 is 9.53 Å². The average Bonchev–Trinajstić information content (AvgIpc) is 2.44. The predicted octanol–water partition coefficient (Wildman–Crippen LogP) is 1.59. The Bertz CT molecular complexity index is 135. The molecule has 2 unspecified atom stereocenters. The van der Waals surface area contributed by atoms with Crippen molar-refractivity contribution in [2.75, 3.05) is 0 Å². The van der Waals surface area contributed by atoms with Crippen molar-refractivity contribution in [1.29, 1.82) is 0 Å². The minimum Gasteiger partial charge on any atom is -0.464 e. The largest absolute Gasteiger partial charge is 0.464 e. The Kier molecular flexibility index (Phi) is 1.71. The van der Waals surface area contributed by atoms with E-state index in [0.29, 0.717) is 17.8 Å². The van der Waals surface area contributed by atoms with Crippen LogP contribution >= 0.6 is 0 Å². The van der Waals surface area contributed by atoms with Gasteiger partial charge in [0.1, 0.15) is 6.10 Å². The third-order valence-corrected chi connectivity index (χ3v) is 2.07. The van der Waals surface area contributed by atoms with Gasteiger partial charge in [-0.15, -0.1) is 0 Å². The Labute approximate surface area is 61.6 Å². The van der Waals surface area contributed by atoms with Gasteiger partial charge < -0.3 is 4.74 Å². The van der Waals surface area contributed by atoms with Crippen molar-refractivity contribution in [2.24, 2.45) is 11.3 Å². The molecule has 10 heavy (non-hydrogen) atoms. The van der Waals surface area contributed by atoms with Crippen LogP contribution in [0, 0.1) is 11.3 Å². The molecule has 0 aromatic carbocycles. The zero-order valence-electron chi connectivity index (χ0n) is 6.76. The van der Waals surface area contributed by atoms with Crippen molar-refractivity contribution in [1.82, 2.24) is 0 Å². The van der Waals surface area contributed by atoms with E-state index in [9.17, 15) is 4.79 Å². The molecule has 2 heteroatoms. The highest BCUT2D eigenvalue weighted by Crippen LogP contribution is 2.46. The Morgan fingerprint density at radius 2 is 2.10 bits per heavy atom. The molecule has 0 bridgehead atoms. The van der Waals surface area contributed by atoms with E-state index in [0.717, 1.165) is 6.42 Å². The Hall–Kier alpha value is -0.530. The number of hydrogen-bond acceptors (Lipinski definition) is 2. The maximum Gasteiger partial charge on any atom is 0.293 e. The molecule has 0 aliphatic heterocycles. The van der Waals surface area contributed by atoms with Crippen LogP contribution < -0.4 is 0 Å². The monoisotopic (exact) mass is 142 g/mol. The molecule has 2 nitrogen and oxygen atoms in total. The molecule has 1 saturated carbocycles. The van der Waals surface area contributed by atoms with E-state index in [2.05, 4.69) is 20.8 Å². The number of carbonyl (C=O) groups excluding carboxylic acids is 1. The fourth-order valence-electron chi connectivity index (χ4n) is 1.30.